The molecule has 0 saturated carbocycles. The quantitative estimate of drug-likeness (QED) is 0.755. The molecule has 5 heteroatoms. The maximum Gasteiger partial charge on any atom is 0.309 e. The molecule has 0 saturated heterocycles. The van der Waals surface area contributed by atoms with Crippen LogP contribution in [0.1, 0.15) is 25.8 Å². The van der Waals surface area contributed by atoms with E-state index in [-0.39, 0.29) is 0 Å². The van der Waals surface area contributed by atoms with E-state index < -0.39 is 11.4 Å². The minimum atomic E-state index is -0.769. The van der Waals surface area contributed by atoms with E-state index in [1.807, 2.05) is 18.2 Å². The van der Waals surface area contributed by atoms with Crippen LogP contribution in [0.3, 0.4) is 0 Å². The van der Waals surface area contributed by atoms with Crippen LogP contribution >= 0.6 is 15.9 Å². The van der Waals surface area contributed by atoms with Crippen molar-refractivity contribution in [2.24, 2.45) is 5.41 Å². The summed E-state index contributed by atoms with van der Waals surface area (Å²) in [6.45, 7) is 4.76. The van der Waals surface area contributed by atoms with Gasteiger partial charge in [0.15, 0.2) is 0 Å². The molecule has 1 aromatic carbocycles. The lowest BCUT2D eigenvalue weighted by molar-refractivity contribution is -0.147. The molecule has 106 valence electrons. The Bertz CT molecular complexity index is 446. The first-order chi connectivity index (χ1) is 8.86. The molecular weight excluding hydrogens is 310 g/mol. The van der Waals surface area contributed by atoms with Gasteiger partial charge in [-0.15, -0.1) is 0 Å². The van der Waals surface area contributed by atoms with E-state index in [9.17, 15) is 4.79 Å². The summed E-state index contributed by atoms with van der Waals surface area (Å²) in [7, 11) is 1.64. The molecule has 1 aromatic rings. The third-order valence-electron chi connectivity index (χ3n) is 3.06. The Kier molecular flexibility index (Phi) is 5.82. The van der Waals surface area contributed by atoms with Gasteiger partial charge in [0.25, 0.3) is 0 Å². The predicted octanol–water partition coefficient (Wildman–Crippen LogP) is 3.05. The summed E-state index contributed by atoms with van der Waals surface area (Å²) in [6, 6.07) is 5.83. The van der Waals surface area contributed by atoms with E-state index in [0.29, 0.717) is 19.5 Å². The van der Waals surface area contributed by atoms with Crippen molar-refractivity contribution in [3.8, 4) is 5.75 Å². The molecule has 0 bridgehead atoms. The summed E-state index contributed by atoms with van der Waals surface area (Å²) in [5.41, 5.74) is 0.346. The zero-order valence-electron chi connectivity index (χ0n) is 11.5. The largest absolute Gasteiger partial charge is 0.496 e. The number of carboxylic acids is 1. The van der Waals surface area contributed by atoms with Gasteiger partial charge < -0.3 is 15.2 Å². The van der Waals surface area contributed by atoms with E-state index in [1.54, 1.807) is 21.0 Å². The van der Waals surface area contributed by atoms with Gasteiger partial charge in [-0.05, 0) is 45.0 Å². The van der Waals surface area contributed by atoms with Crippen LogP contribution in [0.4, 0.5) is 0 Å². The second-order valence-electron chi connectivity index (χ2n) is 5.07. The van der Waals surface area contributed by atoms with Gasteiger partial charge in [0.05, 0.1) is 12.5 Å². The van der Waals surface area contributed by atoms with Crippen molar-refractivity contribution >= 4 is 21.9 Å². The molecule has 0 unspecified atom stereocenters. The topological polar surface area (TPSA) is 58.6 Å². The zero-order valence-corrected chi connectivity index (χ0v) is 13.1. The van der Waals surface area contributed by atoms with Crippen LogP contribution in [0.25, 0.3) is 0 Å². The molecule has 1 rings (SSSR count). The Labute approximate surface area is 122 Å². The van der Waals surface area contributed by atoms with Gasteiger partial charge in [-0.1, -0.05) is 15.9 Å². The highest BCUT2D eigenvalue weighted by Crippen LogP contribution is 2.23. The van der Waals surface area contributed by atoms with Crippen molar-refractivity contribution in [2.75, 3.05) is 13.7 Å². The molecule has 0 aliphatic carbocycles. The number of halogens is 1. The minimum Gasteiger partial charge on any atom is -0.496 e. The summed E-state index contributed by atoms with van der Waals surface area (Å²) in [6.07, 6.45) is 0.582. The number of hydrogen-bond donors (Lipinski definition) is 2. The Hall–Kier alpha value is -1.07. The number of benzene rings is 1. The molecule has 0 aliphatic rings. The van der Waals surface area contributed by atoms with Gasteiger partial charge in [-0.2, -0.15) is 0 Å². The standard InChI is InChI=1S/C14H20BrNO3/c1-14(2,13(17)18)6-7-16-9-10-8-11(15)4-5-12(10)19-3/h4-5,8,16H,6-7,9H2,1-3H3,(H,17,18). The molecule has 0 radical (unpaired) electrons. The Balaban J connectivity index is 2.50. The van der Waals surface area contributed by atoms with E-state index in [0.717, 1.165) is 15.8 Å². The van der Waals surface area contributed by atoms with E-state index in [4.69, 9.17) is 9.84 Å². The molecule has 0 spiro atoms. The monoisotopic (exact) mass is 329 g/mol. The average molecular weight is 330 g/mol. The third-order valence-corrected chi connectivity index (χ3v) is 3.56. The molecule has 2 N–H and O–H groups in total. The van der Waals surface area contributed by atoms with Crippen molar-refractivity contribution in [3.63, 3.8) is 0 Å². The molecule has 0 heterocycles. The Morgan fingerprint density at radius 3 is 2.74 bits per heavy atom. The third kappa shape index (κ3) is 4.84. The molecule has 0 atom stereocenters. The number of ether oxygens (including phenoxy) is 1. The summed E-state index contributed by atoms with van der Waals surface area (Å²) in [4.78, 5) is 11.0. The fourth-order valence-corrected chi connectivity index (χ4v) is 2.02. The lowest BCUT2D eigenvalue weighted by atomic mass is 9.90. The van der Waals surface area contributed by atoms with Crippen LogP contribution in [0, 0.1) is 5.41 Å². The first kappa shape index (κ1) is 16.0. The highest BCUT2D eigenvalue weighted by Gasteiger charge is 2.26. The van der Waals surface area contributed by atoms with Gasteiger partial charge in [0.2, 0.25) is 0 Å². The molecule has 0 aromatic heterocycles. The maximum atomic E-state index is 11.0. The van der Waals surface area contributed by atoms with Gasteiger partial charge in [-0.3, -0.25) is 4.79 Å². The fourth-order valence-electron chi connectivity index (χ4n) is 1.62. The highest BCUT2D eigenvalue weighted by atomic mass is 79.9. The Morgan fingerprint density at radius 1 is 1.47 bits per heavy atom. The lowest BCUT2D eigenvalue weighted by Gasteiger charge is -2.19. The van der Waals surface area contributed by atoms with Gasteiger partial charge in [-0.25, -0.2) is 0 Å². The summed E-state index contributed by atoms with van der Waals surface area (Å²) in [5, 5.41) is 12.3. The summed E-state index contributed by atoms with van der Waals surface area (Å²) in [5.74, 6) is 0.0579. The number of nitrogens with one attached hydrogen (secondary N) is 1. The van der Waals surface area contributed by atoms with E-state index >= 15 is 0 Å². The number of carbonyl (C=O) groups is 1. The van der Waals surface area contributed by atoms with Gasteiger partial charge in [0, 0.05) is 16.6 Å². The second kappa shape index (κ2) is 6.91. The van der Waals surface area contributed by atoms with E-state index in [2.05, 4.69) is 21.2 Å². The molecule has 0 amide bonds. The fraction of sp³-hybridized carbons (Fsp3) is 0.500. The predicted molar refractivity (Wildman–Crippen MR) is 78.4 cm³/mol. The van der Waals surface area contributed by atoms with Gasteiger partial charge in [0.1, 0.15) is 5.75 Å². The van der Waals surface area contributed by atoms with Crippen LogP contribution < -0.4 is 10.1 Å². The summed E-state index contributed by atoms with van der Waals surface area (Å²) >= 11 is 3.42. The second-order valence-corrected chi connectivity index (χ2v) is 5.99. The van der Waals surface area contributed by atoms with Crippen LogP contribution in [0.5, 0.6) is 5.75 Å². The first-order valence-corrected chi connectivity index (χ1v) is 6.92. The number of rotatable bonds is 7. The number of methoxy groups -OCH3 is 1. The average Bonchev–Trinajstić information content (AvgIpc) is 2.34. The molecular formula is C14H20BrNO3. The van der Waals surface area contributed by atoms with Crippen molar-refractivity contribution in [3.05, 3.63) is 28.2 Å². The number of carboxylic acid groups (broad SMARTS) is 1. The van der Waals surface area contributed by atoms with E-state index in [1.165, 1.54) is 0 Å². The molecule has 4 nitrogen and oxygen atoms in total. The van der Waals surface area contributed by atoms with Crippen LogP contribution in [0.2, 0.25) is 0 Å². The first-order valence-electron chi connectivity index (χ1n) is 6.13. The number of hydrogen-bond acceptors (Lipinski definition) is 3. The normalized spacial score (nSPS) is 11.4. The molecule has 0 fully saturated rings. The number of aliphatic carboxylic acids is 1. The van der Waals surface area contributed by atoms with Crippen LogP contribution in [0.15, 0.2) is 22.7 Å². The van der Waals surface area contributed by atoms with Crippen molar-refractivity contribution in [2.45, 2.75) is 26.8 Å². The van der Waals surface area contributed by atoms with Gasteiger partial charge >= 0.3 is 5.97 Å². The van der Waals surface area contributed by atoms with Crippen molar-refractivity contribution in [1.29, 1.82) is 0 Å². The lowest BCUT2D eigenvalue weighted by Crippen LogP contribution is -2.28. The summed E-state index contributed by atoms with van der Waals surface area (Å²) < 4.78 is 6.28. The Morgan fingerprint density at radius 2 is 2.16 bits per heavy atom. The SMILES string of the molecule is COc1ccc(Br)cc1CNCCC(C)(C)C(=O)O. The zero-order chi connectivity index (χ0) is 14.5. The van der Waals surface area contributed by atoms with Crippen LogP contribution in [-0.4, -0.2) is 24.7 Å². The van der Waals surface area contributed by atoms with Crippen molar-refractivity contribution in [1.82, 2.24) is 5.32 Å². The molecule has 19 heavy (non-hydrogen) atoms. The molecule has 0 aliphatic heterocycles. The minimum absolute atomic E-state index is 0.582. The van der Waals surface area contributed by atoms with Crippen LogP contribution in [-0.2, 0) is 11.3 Å². The maximum absolute atomic E-state index is 11.0. The smallest absolute Gasteiger partial charge is 0.309 e. The highest BCUT2D eigenvalue weighted by molar-refractivity contribution is 9.10. The van der Waals surface area contributed by atoms with Crippen molar-refractivity contribution < 1.29 is 14.6 Å².